The Kier molecular flexibility index (Phi) is 5.30. The molecule has 164 valence electrons. The lowest BCUT2D eigenvalue weighted by Crippen LogP contribution is -2.48. The largest absolute Gasteiger partial charge is 0.503 e. The molecule has 9 heteroatoms. The van der Waals surface area contributed by atoms with Crippen LogP contribution in [0.15, 0.2) is 41.6 Å². The van der Waals surface area contributed by atoms with Gasteiger partial charge in [0.05, 0.1) is 30.4 Å². The third-order valence-corrected chi connectivity index (χ3v) is 5.96. The van der Waals surface area contributed by atoms with Crippen molar-refractivity contribution in [3.8, 4) is 5.75 Å². The summed E-state index contributed by atoms with van der Waals surface area (Å²) < 4.78 is 3.62. The molecule has 1 saturated carbocycles. The maximum atomic E-state index is 12.6. The second kappa shape index (κ2) is 7.81. The normalized spacial score (nSPS) is 16.0. The van der Waals surface area contributed by atoms with Crippen LogP contribution in [-0.2, 0) is 12.1 Å². The molecule has 3 N–H and O–H groups in total. The van der Waals surface area contributed by atoms with Crippen molar-refractivity contribution in [2.24, 2.45) is 0 Å². The molecule has 1 aliphatic carbocycles. The SMILES string of the molecule is CC(C)(CO)NC(=O)c1nn(CC2(n3ccc4cccnc43)CCCC2)cc(O)c1=O. The number of nitrogens with one attached hydrogen (secondary N) is 1. The van der Waals surface area contributed by atoms with E-state index in [0.29, 0.717) is 6.54 Å². The van der Waals surface area contributed by atoms with E-state index < -0.39 is 28.3 Å². The number of hydrogen-bond acceptors (Lipinski definition) is 6. The molecule has 31 heavy (non-hydrogen) atoms. The summed E-state index contributed by atoms with van der Waals surface area (Å²) in [5.74, 6) is -1.27. The van der Waals surface area contributed by atoms with Crippen LogP contribution in [0.2, 0.25) is 0 Å². The van der Waals surface area contributed by atoms with E-state index in [4.69, 9.17) is 0 Å². The van der Waals surface area contributed by atoms with Gasteiger partial charge >= 0.3 is 0 Å². The number of aromatic nitrogens is 4. The molecule has 1 fully saturated rings. The van der Waals surface area contributed by atoms with Crippen molar-refractivity contribution in [1.29, 1.82) is 0 Å². The third-order valence-electron chi connectivity index (χ3n) is 5.96. The molecule has 3 aromatic heterocycles. The van der Waals surface area contributed by atoms with Gasteiger partial charge in [0.15, 0.2) is 11.4 Å². The molecular formula is C22H27N5O4. The zero-order valence-electron chi connectivity index (χ0n) is 17.7. The summed E-state index contributed by atoms with van der Waals surface area (Å²) in [6, 6.07) is 5.93. The maximum absolute atomic E-state index is 12.6. The summed E-state index contributed by atoms with van der Waals surface area (Å²) in [7, 11) is 0. The Morgan fingerprint density at radius 1 is 1.29 bits per heavy atom. The first-order chi connectivity index (χ1) is 14.7. The maximum Gasteiger partial charge on any atom is 0.276 e. The number of aromatic hydroxyl groups is 1. The number of hydrogen-bond donors (Lipinski definition) is 3. The van der Waals surface area contributed by atoms with Crippen molar-refractivity contribution in [2.75, 3.05) is 6.61 Å². The van der Waals surface area contributed by atoms with Gasteiger partial charge in [0.25, 0.3) is 11.3 Å². The summed E-state index contributed by atoms with van der Waals surface area (Å²) >= 11 is 0. The predicted octanol–water partition coefficient (Wildman–Crippen LogP) is 1.77. The van der Waals surface area contributed by atoms with Gasteiger partial charge in [-0.3, -0.25) is 14.3 Å². The summed E-state index contributed by atoms with van der Waals surface area (Å²) in [6.45, 7) is 3.33. The van der Waals surface area contributed by atoms with E-state index in [1.807, 2.05) is 24.4 Å². The summed E-state index contributed by atoms with van der Waals surface area (Å²) in [5.41, 5.74) is -1.62. The first-order valence-electron chi connectivity index (χ1n) is 10.4. The average Bonchev–Trinajstić information content (AvgIpc) is 3.38. The molecule has 0 radical (unpaired) electrons. The quantitative estimate of drug-likeness (QED) is 0.553. The molecule has 1 aliphatic rings. The topological polar surface area (TPSA) is 122 Å². The fourth-order valence-electron chi connectivity index (χ4n) is 4.32. The summed E-state index contributed by atoms with van der Waals surface area (Å²) in [4.78, 5) is 29.6. The lowest BCUT2D eigenvalue weighted by atomic mass is 9.97. The Balaban J connectivity index is 1.73. The summed E-state index contributed by atoms with van der Waals surface area (Å²) in [5, 5.41) is 27.5. The van der Waals surface area contributed by atoms with Gasteiger partial charge < -0.3 is 20.1 Å². The van der Waals surface area contributed by atoms with Crippen LogP contribution >= 0.6 is 0 Å². The van der Waals surface area contributed by atoms with Crippen LogP contribution in [0.1, 0.15) is 50.0 Å². The monoisotopic (exact) mass is 425 g/mol. The number of amides is 1. The van der Waals surface area contributed by atoms with Crippen molar-refractivity contribution in [2.45, 2.75) is 57.2 Å². The number of carbonyl (C=O) groups excluding carboxylic acids is 1. The zero-order valence-corrected chi connectivity index (χ0v) is 17.7. The van der Waals surface area contributed by atoms with E-state index in [0.717, 1.165) is 36.7 Å². The zero-order chi connectivity index (χ0) is 22.2. The van der Waals surface area contributed by atoms with Gasteiger partial charge in [0.2, 0.25) is 0 Å². The molecule has 4 rings (SSSR count). The molecule has 0 bridgehead atoms. The molecule has 3 aromatic rings. The molecule has 1 amide bonds. The van der Waals surface area contributed by atoms with Gasteiger partial charge in [-0.05, 0) is 44.9 Å². The molecule has 0 aliphatic heterocycles. The Morgan fingerprint density at radius 2 is 2.03 bits per heavy atom. The number of nitrogens with zero attached hydrogens (tertiary/aromatic N) is 4. The van der Waals surface area contributed by atoms with E-state index in [2.05, 4.69) is 20.0 Å². The van der Waals surface area contributed by atoms with Crippen LogP contribution in [0.3, 0.4) is 0 Å². The first kappa shape index (κ1) is 21.0. The minimum Gasteiger partial charge on any atom is -0.503 e. The van der Waals surface area contributed by atoms with Gasteiger partial charge in [-0.15, -0.1) is 0 Å². The summed E-state index contributed by atoms with van der Waals surface area (Å²) in [6.07, 6.45) is 8.91. The Morgan fingerprint density at radius 3 is 2.74 bits per heavy atom. The number of aliphatic hydroxyl groups is 1. The lowest BCUT2D eigenvalue weighted by molar-refractivity contribution is 0.0858. The number of rotatable bonds is 6. The molecule has 0 saturated heterocycles. The molecule has 9 nitrogen and oxygen atoms in total. The molecule has 0 spiro atoms. The highest BCUT2D eigenvalue weighted by molar-refractivity contribution is 5.92. The van der Waals surface area contributed by atoms with Gasteiger partial charge in [-0.1, -0.05) is 12.8 Å². The molecule has 0 atom stereocenters. The van der Waals surface area contributed by atoms with Crippen molar-refractivity contribution < 1.29 is 15.0 Å². The second-order valence-electron chi connectivity index (χ2n) is 8.92. The fraction of sp³-hybridized carbons (Fsp3) is 0.455. The van der Waals surface area contributed by atoms with E-state index in [1.165, 1.54) is 10.9 Å². The van der Waals surface area contributed by atoms with Crippen molar-refractivity contribution in [1.82, 2.24) is 24.6 Å². The van der Waals surface area contributed by atoms with Crippen LogP contribution in [0, 0.1) is 0 Å². The Bertz CT molecular complexity index is 1170. The number of fused-ring (bicyclic) bond motifs is 1. The second-order valence-corrected chi connectivity index (χ2v) is 8.92. The van der Waals surface area contributed by atoms with Crippen LogP contribution < -0.4 is 10.7 Å². The highest BCUT2D eigenvalue weighted by Crippen LogP contribution is 2.40. The minimum atomic E-state index is -0.927. The fourth-order valence-corrected chi connectivity index (χ4v) is 4.32. The smallest absolute Gasteiger partial charge is 0.276 e. The lowest BCUT2D eigenvalue weighted by Gasteiger charge is -2.32. The highest BCUT2D eigenvalue weighted by Gasteiger charge is 2.37. The van der Waals surface area contributed by atoms with Gasteiger partial charge in [0.1, 0.15) is 5.65 Å². The Hall–Kier alpha value is -3.20. The van der Waals surface area contributed by atoms with E-state index in [9.17, 15) is 19.8 Å². The molecule has 0 aromatic carbocycles. The molecule has 3 heterocycles. The average molecular weight is 425 g/mol. The third kappa shape index (κ3) is 3.93. The van der Waals surface area contributed by atoms with Gasteiger partial charge in [0, 0.05) is 17.8 Å². The number of carbonyl (C=O) groups is 1. The van der Waals surface area contributed by atoms with Gasteiger partial charge in [-0.25, -0.2) is 4.98 Å². The number of aliphatic hydroxyl groups excluding tert-OH is 1. The number of pyridine rings is 1. The highest BCUT2D eigenvalue weighted by atomic mass is 16.3. The molecule has 0 unspecified atom stereocenters. The van der Waals surface area contributed by atoms with Crippen LogP contribution in [0.5, 0.6) is 5.75 Å². The minimum absolute atomic E-state index is 0.303. The van der Waals surface area contributed by atoms with E-state index >= 15 is 0 Å². The predicted molar refractivity (Wildman–Crippen MR) is 115 cm³/mol. The van der Waals surface area contributed by atoms with Crippen LogP contribution in [0.25, 0.3) is 11.0 Å². The van der Waals surface area contributed by atoms with Crippen LogP contribution in [0.4, 0.5) is 0 Å². The Labute approximate surface area is 179 Å². The first-order valence-corrected chi connectivity index (χ1v) is 10.4. The van der Waals surface area contributed by atoms with Crippen molar-refractivity contribution >= 4 is 16.9 Å². The van der Waals surface area contributed by atoms with Crippen molar-refractivity contribution in [3.05, 3.63) is 52.7 Å². The van der Waals surface area contributed by atoms with E-state index in [1.54, 1.807) is 20.0 Å². The molecular weight excluding hydrogens is 398 g/mol. The standard InChI is InChI=1S/C22H27N5O4/c1-21(2,14-28)24-20(31)17-18(30)16(29)12-26(25-17)13-22(8-3-4-9-22)27-11-7-15-6-5-10-23-19(15)27/h5-7,10-12,28-29H,3-4,8-9,13-14H2,1-2H3,(H,24,31). The van der Waals surface area contributed by atoms with E-state index in [-0.39, 0.29) is 12.1 Å². The van der Waals surface area contributed by atoms with Crippen molar-refractivity contribution in [3.63, 3.8) is 0 Å². The van der Waals surface area contributed by atoms with Crippen LogP contribution in [-0.4, -0.2) is 47.6 Å². The van der Waals surface area contributed by atoms with Gasteiger partial charge in [-0.2, -0.15) is 5.10 Å².